The number of aliphatic hydroxyl groups excluding tert-OH is 1. The molecule has 2 rings (SSSR count). The summed E-state index contributed by atoms with van der Waals surface area (Å²) >= 11 is 0. The first-order chi connectivity index (χ1) is 16.6. The average molecular weight is 506 g/mol. The number of sulfonamides is 1. The molecule has 0 atom stereocenters. The van der Waals surface area contributed by atoms with Gasteiger partial charge in [-0.05, 0) is 55.0 Å². The van der Waals surface area contributed by atoms with Crippen LogP contribution < -0.4 is 9.62 Å². The third-order valence-electron chi connectivity index (χ3n) is 6.33. The second-order valence-corrected chi connectivity index (χ2v) is 11.0. The molecular weight excluding hydrogens is 466 g/mol. The molecule has 35 heavy (non-hydrogen) atoms. The molecule has 0 aliphatic rings. The summed E-state index contributed by atoms with van der Waals surface area (Å²) in [6.07, 6.45) is 5.42. The summed E-state index contributed by atoms with van der Waals surface area (Å²) < 4.78 is 30.2. The van der Waals surface area contributed by atoms with Crippen molar-refractivity contribution in [3.05, 3.63) is 63.7 Å². The molecule has 2 aromatic carbocycles. The van der Waals surface area contributed by atoms with Crippen LogP contribution in [0.1, 0.15) is 63.5 Å². The molecule has 0 heterocycles. The number of benzene rings is 2. The Morgan fingerprint density at radius 2 is 1.69 bits per heavy atom. The lowest BCUT2D eigenvalue weighted by Crippen LogP contribution is -2.51. The number of unbranched alkanes of at least 4 members (excludes halogenated alkanes) is 2. The third-order valence-corrected chi connectivity index (χ3v) is 8.00. The summed E-state index contributed by atoms with van der Waals surface area (Å²) in [6.45, 7) is 3.83. The second-order valence-electron chi connectivity index (χ2n) is 9.36. The number of aliphatic hydroxyl groups is 1. The lowest BCUT2D eigenvalue weighted by molar-refractivity contribution is -0.384. The van der Waals surface area contributed by atoms with Gasteiger partial charge in [0.05, 0.1) is 22.0 Å². The van der Waals surface area contributed by atoms with E-state index < -0.39 is 20.5 Å². The van der Waals surface area contributed by atoms with Crippen LogP contribution >= 0.6 is 0 Å². The number of rotatable bonds is 15. The van der Waals surface area contributed by atoms with Gasteiger partial charge in [-0.1, -0.05) is 51.7 Å². The van der Waals surface area contributed by atoms with Gasteiger partial charge >= 0.3 is 0 Å². The molecule has 0 aliphatic heterocycles. The first kappa shape index (κ1) is 28.7. The van der Waals surface area contributed by atoms with Crippen molar-refractivity contribution < 1.29 is 18.4 Å². The van der Waals surface area contributed by atoms with Crippen LogP contribution in [0.3, 0.4) is 0 Å². The summed E-state index contributed by atoms with van der Waals surface area (Å²) in [5.74, 6) is 0. The third kappa shape index (κ3) is 8.02. The zero-order valence-corrected chi connectivity index (χ0v) is 22.1. The summed E-state index contributed by atoms with van der Waals surface area (Å²) in [4.78, 5) is 12.8. The van der Waals surface area contributed by atoms with Gasteiger partial charge < -0.3 is 10.0 Å². The molecule has 0 saturated carbocycles. The molecule has 0 bridgehead atoms. The lowest BCUT2D eigenvalue weighted by Gasteiger charge is -2.33. The number of aryl methyl sites for hydroxylation is 2. The summed E-state index contributed by atoms with van der Waals surface area (Å²) in [5, 5.41) is 21.4. The van der Waals surface area contributed by atoms with Gasteiger partial charge in [0.15, 0.2) is 0 Å². The number of nitro groups is 1. The van der Waals surface area contributed by atoms with Crippen molar-refractivity contribution in [1.82, 2.24) is 4.72 Å². The quantitative estimate of drug-likeness (QED) is 0.265. The molecule has 8 nitrogen and oxygen atoms in total. The highest BCUT2D eigenvalue weighted by Gasteiger charge is 2.34. The van der Waals surface area contributed by atoms with Crippen LogP contribution in [-0.2, 0) is 22.9 Å². The molecule has 0 unspecified atom stereocenters. The van der Waals surface area contributed by atoms with E-state index in [1.807, 2.05) is 45.0 Å². The fraction of sp³-hybridized carbons (Fsp3) is 0.538. The van der Waals surface area contributed by atoms with E-state index in [0.717, 1.165) is 36.9 Å². The van der Waals surface area contributed by atoms with Gasteiger partial charge in [-0.25, -0.2) is 13.1 Å². The number of non-ortho nitro benzene ring substituents is 1. The van der Waals surface area contributed by atoms with Crippen molar-refractivity contribution in [2.24, 2.45) is 0 Å². The van der Waals surface area contributed by atoms with E-state index >= 15 is 0 Å². The van der Waals surface area contributed by atoms with E-state index in [1.165, 1.54) is 12.1 Å². The predicted octanol–water partition coefficient (Wildman–Crippen LogP) is 4.84. The Morgan fingerprint density at radius 1 is 1.03 bits per heavy atom. The fourth-order valence-corrected chi connectivity index (χ4v) is 5.90. The predicted molar refractivity (Wildman–Crippen MR) is 140 cm³/mol. The molecule has 0 aromatic heterocycles. The van der Waals surface area contributed by atoms with E-state index in [9.17, 15) is 23.6 Å². The monoisotopic (exact) mass is 505 g/mol. The molecular formula is C26H39N3O5S. The minimum Gasteiger partial charge on any atom is -0.394 e. The van der Waals surface area contributed by atoms with Gasteiger partial charge in [-0.15, -0.1) is 0 Å². The molecule has 0 amide bonds. The van der Waals surface area contributed by atoms with Crippen LogP contribution in [0.15, 0.2) is 47.4 Å². The number of nitrogens with zero attached hydrogens (tertiary/aromatic N) is 2. The van der Waals surface area contributed by atoms with Crippen LogP contribution in [0.25, 0.3) is 0 Å². The average Bonchev–Trinajstić information content (AvgIpc) is 2.84. The maximum Gasteiger partial charge on any atom is 0.269 e. The number of hydrogen-bond donors (Lipinski definition) is 2. The van der Waals surface area contributed by atoms with Crippen molar-refractivity contribution in [1.29, 1.82) is 0 Å². The molecule has 0 spiro atoms. The van der Waals surface area contributed by atoms with Crippen molar-refractivity contribution in [3.8, 4) is 0 Å². The largest absolute Gasteiger partial charge is 0.394 e. The molecule has 0 fully saturated rings. The highest BCUT2D eigenvalue weighted by Crippen LogP contribution is 2.28. The second kappa shape index (κ2) is 13.0. The smallest absolute Gasteiger partial charge is 0.269 e. The van der Waals surface area contributed by atoms with Crippen molar-refractivity contribution >= 4 is 21.4 Å². The normalized spacial score (nSPS) is 12.0. The van der Waals surface area contributed by atoms with Gasteiger partial charge in [0.25, 0.3) is 5.69 Å². The zero-order chi connectivity index (χ0) is 26.1. The first-order valence-corrected chi connectivity index (χ1v) is 13.7. The highest BCUT2D eigenvalue weighted by atomic mass is 32.2. The minimum absolute atomic E-state index is 0.0126. The summed E-state index contributed by atoms with van der Waals surface area (Å²) in [6, 6.07) is 11.6. The first-order valence-electron chi connectivity index (χ1n) is 12.3. The molecule has 9 heteroatoms. The number of nitrogens with one attached hydrogen (secondary N) is 1. The lowest BCUT2D eigenvalue weighted by atomic mass is 9.89. The zero-order valence-electron chi connectivity index (χ0n) is 21.3. The topological polar surface area (TPSA) is 113 Å². The van der Waals surface area contributed by atoms with Crippen LogP contribution in [0.2, 0.25) is 0 Å². The SMILES string of the molecule is CCCCC(CO)(CCCC)NS(=O)(=O)c1ccc(N(C)C)cc1CCc1cccc([N+](=O)[O-])c1. The highest BCUT2D eigenvalue weighted by molar-refractivity contribution is 7.89. The van der Waals surface area contributed by atoms with Crippen LogP contribution in [-0.4, -0.2) is 44.7 Å². The van der Waals surface area contributed by atoms with E-state index in [-0.39, 0.29) is 17.2 Å². The Morgan fingerprint density at radius 3 is 2.23 bits per heavy atom. The Kier molecular flexibility index (Phi) is 10.7. The van der Waals surface area contributed by atoms with Crippen molar-refractivity contribution in [2.75, 3.05) is 25.6 Å². The van der Waals surface area contributed by atoms with E-state index in [4.69, 9.17) is 0 Å². The molecule has 0 aliphatic carbocycles. The van der Waals surface area contributed by atoms with E-state index in [0.29, 0.717) is 31.2 Å². The van der Waals surface area contributed by atoms with Gasteiger partial charge in [0, 0.05) is 31.9 Å². The minimum atomic E-state index is -3.93. The van der Waals surface area contributed by atoms with E-state index in [2.05, 4.69) is 4.72 Å². The summed E-state index contributed by atoms with van der Waals surface area (Å²) in [7, 11) is -0.152. The number of hydrogen-bond acceptors (Lipinski definition) is 6. The molecule has 2 N–H and O–H groups in total. The molecule has 0 saturated heterocycles. The van der Waals surface area contributed by atoms with Crippen LogP contribution in [0.5, 0.6) is 0 Å². The standard InChI is InChI=1S/C26H39N3O5S/c1-5-7-16-26(20-30,17-8-6-2)27-35(33,34)25-15-14-23(28(3)4)19-22(25)13-12-21-10-9-11-24(18-21)29(31)32/h9-11,14-15,18-19,27,30H,5-8,12-13,16-17,20H2,1-4H3. The van der Waals surface area contributed by atoms with Gasteiger partial charge in [0.1, 0.15) is 0 Å². The number of nitro benzene ring substituents is 1. The van der Waals surface area contributed by atoms with Crippen molar-refractivity contribution in [2.45, 2.75) is 75.6 Å². The van der Waals surface area contributed by atoms with E-state index in [1.54, 1.807) is 18.2 Å². The Bertz CT molecular complexity index is 1080. The molecule has 2 aromatic rings. The van der Waals surface area contributed by atoms with Gasteiger partial charge in [0.2, 0.25) is 10.0 Å². The maximum absolute atomic E-state index is 13.7. The fourth-order valence-electron chi connectivity index (χ4n) is 4.19. The molecule has 0 radical (unpaired) electrons. The summed E-state index contributed by atoms with van der Waals surface area (Å²) in [5.41, 5.74) is 1.37. The maximum atomic E-state index is 13.7. The van der Waals surface area contributed by atoms with Crippen LogP contribution in [0.4, 0.5) is 11.4 Å². The molecule has 194 valence electrons. The number of anilines is 1. The Balaban J connectivity index is 2.43. The van der Waals surface area contributed by atoms with Crippen molar-refractivity contribution in [3.63, 3.8) is 0 Å². The Hall–Kier alpha value is -2.49. The Labute approximate surface area is 209 Å². The van der Waals surface area contributed by atoms with Gasteiger partial charge in [-0.3, -0.25) is 10.1 Å². The van der Waals surface area contributed by atoms with Gasteiger partial charge in [-0.2, -0.15) is 0 Å². The van der Waals surface area contributed by atoms with Crippen LogP contribution in [0, 0.1) is 10.1 Å².